The van der Waals surface area contributed by atoms with Gasteiger partial charge in [-0.1, -0.05) is 49.7 Å². The molecule has 0 saturated heterocycles. The minimum atomic E-state index is -0.591. The molecule has 11 nitrogen and oxygen atoms in total. The Kier molecular flexibility index (Phi) is 11.9. The first-order chi connectivity index (χ1) is 24.1. The van der Waals surface area contributed by atoms with Crippen molar-refractivity contribution in [1.29, 1.82) is 5.26 Å². The van der Waals surface area contributed by atoms with Crippen LogP contribution in [0.4, 0.5) is 4.39 Å². The highest BCUT2D eigenvalue weighted by Crippen LogP contribution is 2.35. The van der Waals surface area contributed by atoms with Crippen LogP contribution in [0.2, 0.25) is 5.02 Å². The maximum Gasteiger partial charge on any atom is 0.280 e. The van der Waals surface area contributed by atoms with Crippen molar-refractivity contribution in [1.82, 2.24) is 9.97 Å². The maximum atomic E-state index is 14.3. The summed E-state index contributed by atoms with van der Waals surface area (Å²) >= 11 is 6.15. The average molecular weight is 688 g/mol. The molecule has 0 spiro atoms. The fourth-order valence-corrected chi connectivity index (χ4v) is 5.21. The zero-order valence-corrected chi connectivity index (χ0v) is 27.7. The summed E-state index contributed by atoms with van der Waals surface area (Å²) in [5.74, 6) is -2.20. The molecular weight excluding hydrogens is 657 g/mol. The van der Waals surface area contributed by atoms with Crippen LogP contribution < -0.4 is 22.9 Å². The van der Waals surface area contributed by atoms with Crippen LogP contribution in [0, 0.1) is 17.1 Å². The van der Waals surface area contributed by atoms with Gasteiger partial charge in [-0.15, -0.1) is 0 Å². The van der Waals surface area contributed by atoms with Gasteiger partial charge >= 0.3 is 0 Å². The van der Waals surface area contributed by atoms with E-state index in [1.165, 1.54) is 12.1 Å². The number of nitrogens with two attached hydrogens (primary N) is 4. The molecule has 4 aromatic carbocycles. The standard InChI is InChI=1S/C18H13N5O.C17H12ClFN4O.C2H6/c19-10-12-3-1-2-4-13(12)14-7-8-22-16-6-5-11(9-15(14)16)17(24)23-18(20)21;18-12-2-1-3-13(19)15(12)10-6-7-22-14-5-4-9(8-11(10)14)16(24)23-17(20)21;1-2/h1-9H,(H4,20,21,23,24);1-8H,(H4,20,21,23,24);1-2H3. The predicted octanol–water partition coefficient (Wildman–Crippen LogP) is 6.32. The Hall–Kier alpha value is -6.71. The highest BCUT2D eigenvalue weighted by Gasteiger charge is 2.15. The fraction of sp³-hybridized carbons (Fsp3) is 0.0541. The van der Waals surface area contributed by atoms with E-state index in [9.17, 15) is 19.2 Å². The summed E-state index contributed by atoms with van der Waals surface area (Å²) in [4.78, 5) is 39.6. The summed E-state index contributed by atoms with van der Waals surface area (Å²) in [7, 11) is 0. The van der Waals surface area contributed by atoms with Crippen LogP contribution in [0.3, 0.4) is 0 Å². The monoisotopic (exact) mass is 687 g/mol. The molecule has 13 heteroatoms. The van der Waals surface area contributed by atoms with Gasteiger partial charge in [-0.25, -0.2) is 4.39 Å². The van der Waals surface area contributed by atoms with Gasteiger partial charge in [-0.2, -0.15) is 15.2 Å². The van der Waals surface area contributed by atoms with Gasteiger partial charge in [-0.05, 0) is 77.9 Å². The molecule has 0 unspecified atom stereocenters. The van der Waals surface area contributed by atoms with Crippen LogP contribution in [-0.4, -0.2) is 33.7 Å². The predicted molar refractivity (Wildman–Crippen MR) is 196 cm³/mol. The molecule has 0 saturated carbocycles. The van der Waals surface area contributed by atoms with Crippen molar-refractivity contribution in [3.63, 3.8) is 0 Å². The molecule has 0 fully saturated rings. The molecule has 250 valence electrons. The number of rotatable bonds is 4. The molecular formula is C37H31ClFN9O2. The van der Waals surface area contributed by atoms with Gasteiger partial charge < -0.3 is 22.9 Å². The van der Waals surface area contributed by atoms with Gasteiger partial charge in [-0.3, -0.25) is 19.6 Å². The largest absolute Gasteiger partial charge is 0.370 e. The first-order valence-electron chi connectivity index (χ1n) is 15.1. The molecule has 2 aromatic heterocycles. The highest BCUT2D eigenvalue weighted by molar-refractivity contribution is 6.33. The van der Waals surface area contributed by atoms with Crippen molar-refractivity contribution in [3.05, 3.63) is 131 Å². The third kappa shape index (κ3) is 8.22. The zero-order valence-electron chi connectivity index (χ0n) is 26.9. The Morgan fingerprint density at radius 1 is 0.700 bits per heavy atom. The number of pyridine rings is 2. The lowest BCUT2D eigenvalue weighted by atomic mass is 9.96. The molecule has 0 aliphatic heterocycles. The second-order valence-corrected chi connectivity index (χ2v) is 10.5. The number of benzene rings is 4. The Morgan fingerprint density at radius 2 is 1.22 bits per heavy atom. The molecule has 2 amide bonds. The van der Waals surface area contributed by atoms with Crippen LogP contribution in [0.5, 0.6) is 0 Å². The topological polar surface area (TPSA) is 213 Å². The summed E-state index contributed by atoms with van der Waals surface area (Å²) < 4.78 is 14.3. The van der Waals surface area contributed by atoms with E-state index in [1.54, 1.807) is 73.1 Å². The second-order valence-electron chi connectivity index (χ2n) is 10.1. The van der Waals surface area contributed by atoms with Crippen molar-refractivity contribution < 1.29 is 14.0 Å². The van der Waals surface area contributed by atoms with E-state index < -0.39 is 17.6 Å². The van der Waals surface area contributed by atoms with E-state index in [-0.39, 0.29) is 28.1 Å². The molecule has 50 heavy (non-hydrogen) atoms. The number of nitrogens with zero attached hydrogens (tertiary/aromatic N) is 5. The lowest BCUT2D eigenvalue weighted by Crippen LogP contribution is -2.24. The number of carbonyl (C=O) groups excluding carboxylic acids is 2. The number of amides is 2. The maximum absolute atomic E-state index is 14.3. The van der Waals surface area contributed by atoms with Gasteiger partial charge in [0.1, 0.15) is 5.82 Å². The van der Waals surface area contributed by atoms with Crippen LogP contribution in [0.15, 0.2) is 113 Å². The molecule has 0 aliphatic carbocycles. The van der Waals surface area contributed by atoms with Gasteiger partial charge in [0.2, 0.25) is 0 Å². The summed E-state index contributed by atoms with van der Waals surface area (Å²) in [5, 5.41) is 10.9. The van der Waals surface area contributed by atoms with Crippen molar-refractivity contribution in [3.8, 4) is 28.3 Å². The quantitative estimate of drug-likeness (QED) is 0.120. The van der Waals surface area contributed by atoms with Gasteiger partial charge in [0.15, 0.2) is 11.9 Å². The Bertz CT molecular complexity index is 2310. The van der Waals surface area contributed by atoms with Crippen molar-refractivity contribution in [2.75, 3.05) is 0 Å². The third-order valence-electron chi connectivity index (χ3n) is 7.01. The summed E-state index contributed by atoms with van der Waals surface area (Å²) in [6, 6.07) is 27.1. The molecule has 6 aromatic rings. The number of guanidine groups is 2. The first kappa shape index (κ1) is 36.1. The Balaban J connectivity index is 0.000000214. The lowest BCUT2D eigenvalue weighted by Gasteiger charge is -2.10. The third-order valence-corrected chi connectivity index (χ3v) is 7.32. The first-order valence-corrected chi connectivity index (χ1v) is 15.4. The van der Waals surface area contributed by atoms with E-state index >= 15 is 0 Å². The fourth-order valence-electron chi connectivity index (χ4n) is 4.95. The summed E-state index contributed by atoms with van der Waals surface area (Å²) in [6.07, 6.45) is 3.22. The van der Waals surface area contributed by atoms with E-state index in [1.807, 2.05) is 32.0 Å². The molecule has 0 bridgehead atoms. The van der Waals surface area contributed by atoms with E-state index in [0.29, 0.717) is 33.1 Å². The van der Waals surface area contributed by atoms with E-state index in [4.69, 9.17) is 34.5 Å². The van der Waals surface area contributed by atoms with Crippen LogP contribution in [-0.2, 0) is 0 Å². The number of nitriles is 1. The minimum Gasteiger partial charge on any atom is -0.370 e. The molecule has 0 atom stereocenters. The number of halogens is 2. The minimum absolute atomic E-state index is 0.248. The Labute approximate surface area is 291 Å². The molecule has 0 aliphatic rings. The van der Waals surface area contributed by atoms with Crippen LogP contribution >= 0.6 is 11.6 Å². The van der Waals surface area contributed by atoms with Gasteiger partial charge in [0, 0.05) is 45.4 Å². The number of fused-ring (bicyclic) bond motifs is 2. The average Bonchev–Trinajstić information content (AvgIpc) is 3.11. The number of hydrogen-bond donors (Lipinski definition) is 4. The number of aliphatic imine (C=N–C) groups is 2. The molecule has 8 N–H and O–H groups in total. The van der Waals surface area contributed by atoms with E-state index in [2.05, 4.69) is 26.0 Å². The highest BCUT2D eigenvalue weighted by atomic mass is 35.5. The van der Waals surface area contributed by atoms with Crippen LogP contribution in [0.25, 0.3) is 44.1 Å². The normalized spacial score (nSPS) is 10.1. The van der Waals surface area contributed by atoms with Gasteiger partial charge in [0.25, 0.3) is 11.8 Å². The number of carbonyl (C=O) groups is 2. The lowest BCUT2D eigenvalue weighted by molar-refractivity contribution is 0.0994. The van der Waals surface area contributed by atoms with Gasteiger partial charge in [0.05, 0.1) is 27.7 Å². The summed E-state index contributed by atoms with van der Waals surface area (Å²) in [6.45, 7) is 4.00. The smallest absolute Gasteiger partial charge is 0.280 e. The van der Waals surface area contributed by atoms with Crippen molar-refractivity contribution >= 4 is 57.1 Å². The number of hydrogen-bond acceptors (Lipinski definition) is 5. The van der Waals surface area contributed by atoms with E-state index in [0.717, 1.165) is 16.5 Å². The number of aromatic nitrogens is 2. The summed E-state index contributed by atoms with van der Waals surface area (Å²) in [5.41, 5.74) is 25.8. The van der Waals surface area contributed by atoms with Crippen molar-refractivity contribution in [2.24, 2.45) is 32.9 Å². The molecule has 2 heterocycles. The SMILES string of the molecule is CC.N#Cc1ccccc1-c1ccnc2ccc(C(=O)N=C(N)N)cc12.NC(N)=NC(=O)c1ccc2nccc(-c3c(F)cccc3Cl)c2c1. The Morgan fingerprint density at radius 3 is 1.74 bits per heavy atom. The van der Waals surface area contributed by atoms with Crippen molar-refractivity contribution in [2.45, 2.75) is 13.8 Å². The van der Waals surface area contributed by atoms with Crippen LogP contribution in [0.1, 0.15) is 40.1 Å². The zero-order chi connectivity index (χ0) is 36.4. The molecule has 6 rings (SSSR count). The molecule has 0 radical (unpaired) electrons. The second kappa shape index (κ2) is 16.4.